The van der Waals surface area contributed by atoms with E-state index in [4.69, 9.17) is 0 Å². The Morgan fingerprint density at radius 2 is 1.81 bits per heavy atom. The van der Waals surface area contributed by atoms with Gasteiger partial charge in [0, 0.05) is 12.6 Å². The second-order valence-electron chi connectivity index (χ2n) is 4.37. The molecule has 0 bridgehead atoms. The summed E-state index contributed by atoms with van der Waals surface area (Å²) in [6.45, 7) is 7.85. The van der Waals surface area contributed by atoms with Crippen molar-refractivity contribution in [3.05, 3.63) is 0 Å². The predicted molar refractivity (Wildman–Crippen MR) is 60.5 cm³/mol. The second-order valence-corrected chi connectivity index (χ2v) is 4.37. The zero-order chi connectivity index (χ0) is 12.8. The highest BCUT2D eigenvalue weighted by molar-refractivity contribution is 4.72. The topological polar surface area (TPSA) is 15.3 Å². The summed E-state index contributed by atoms with van der Waals surface area (Å²) in [5.74, 6) is 0.346. The van der Waals surface area contributed by atoms with E-state index < -0.39 is 12.6 Å². The molecule has 0 amide bonds. The van der Waals surface area contributed by atoms with E-state index in [2.05, 4.69) is 12.2 Å². The SMILES string of the molecule is CCNCC(C)C(C)N(C)CCC(F)(F)F. The van der Waals surface area contributed by atoms with E-state index in [0.717, 1.165) is 13.1 Å². The zero-order valence-electron chi connectivity index (χ0n) is 10.6. The number of rotatable bonds is 7. The lowest BCUT2D eigenvalue weighted by molar-refractivity contribution is -0.138. The number of hydrogen-bond acceptors (Lipinski definition) is 2. The largest absolute Gasteiger partial charge is 0.390 e. The minimum atomic E-state index is -4.06. The van der Waals surface area contributed by atoms with Crippen LogP contribution in [0.5, 0.6) is 0 Å². The first-order valence-corrected chi connectivity index (χ1v) is 5.75. The maximum Gasteiger partial charge on any atom is 0.390 e. The van der Waals surface area contributed by atoms with Crippen LogP contribution < -0.4 is 5.32 Å². The van der Waals surface area contributed by atoms with E-state index in [1.165, 1.54) is 0 Å². The van der Waals surface area contributed by atoms with Gasteiger partial charge in [-0.25, -0.2) is 0 Å². The Labute approximate surface area is 96.2 Å². The van der Waals surface area contributed by atoms with E-state index in [0.29, 0.717) is 5.92 Å². The van der Waals surface area contributed by atoms with Crippen LogP contribution in [-0.2, 0) is 0 Å². The van der Waals surface area contributed by atoms with Crippen molar-refractivity contribution in [2.75, 3.05) is 26.7 Å². The third-order valence-electron chi connectivity index (χ3n) is 2.98. The third kappa shape index (κ3) is 7.06. The lowest BCUT2D eigenvalue weighted by Gasteiger charge is -2.30. The Balaban J connectivity index is 3.92. The molecule has 16 heavy (non-hydrogen) atoms. The van der Waals surface area contributed by atoms with E-state index in [9.17, 15) is 13.2 Å². The van der Waals surface area contributed by atoms with Crippen LogP contribution in [0.4, 0.5) is 13.2 Å². The Morgan fingerprint density at radius 1 is 1.25 bits per heavy atom. The van der Waals surface area contributed by atoms with Gasteiger partial charge in [-0.1, -0.05) is 13.8 Å². The Morgan fingerprint density at radius 3 is 2.25 bits per heavy atom. The van der Waals surface area contributed by atoms with Crippen molar-refractivity contribution in [3.8, 4) is 0 Å². The molecule has 5 heteroatoms. The van der Waals surface area contributed by atoms with Crippen LogP contribution in [0.2, 0.25) is 0 Å². The first-order chi connectivity index (χ1) is 7.28. The van der Waals surface area contributed by atoms with Gasteiger partial charge in [-0.2, -0.15) is 13.2 Å². The zero-order valence-corrected chi connectivity index (χ0v) is 10.6. The van der Waals surface area contributed by atoms with Crippen LogP contribution in [0, 0.1) is 5.92 Å². The molecule has 2 nitrogen and oxygen atoms in total. The van der Waals surface area contributed by atoms with Crippen LogP contribution in [-0.4, -0.2) is 43.8 Å². The highest BCUT2D eigenvalue weighted by Crippen LogP contribution is 2.20. The molecule has 0 aromatic rings. The lowest BCUT2D eigenvalue weighted by Crippen LogP contribution is -2.40. The maximum absolute atomic E-state index is 12.0. The van der Waals surface area contributed by atoms with E-state index in [1.807, 2.05) is 13.8 Å². The van der Waals surface area contributed by atoms with E-state index in [-0.39, 0.29) is 12.6 Å². The summed E-state index contributed by atoms with van der Waals surface area (Å²) in [5.41, 5.74) is 0. The van der Waals surface area contributed by atoms with Gasteiger partial charge in [0.15, 0.2) is 0 Å². The molecule has 0 spiro atoms. The summed E-state index contributed by atoms with van der Waals surface area (Å²) in [5, 5.41) is 3.21. The minimum absolute atomic E-state index is 0.0706. The van der Waals surface area contributed by atoms with Gasteiger partial charge in [-0.05, 0) is 33.0 Å². The fourth-order valence-corrected chi connectivity index (χ4v) is 1.48. The molecule has 0 heterocycles. The lowest BCUT2D eigenvalue weighted by atomic mass is 10.0. The molecule has 0 radical (unpaired) electrons. The molecule has 0 aliphatic carbocycles. The highest BCUT2D eigenvalue weighted by atomic mass is 19.4. The molecule has 0 rings (SSSR count). The van der Waals surface area contributed by atoms with Crippen LogP contribution in [0.1, 0.15) is 27.2 Å². The van der Waals surface area contributed by atoms with Crippen LogP contribution in [0.25, 0.3) is 0 Å². The van der Waals surface area contributed by atoms with E-state index >= 15 is 0 Å². The molecule has 98 valence electrons. The van der Waals surface area contributed by atoms with Gasteiger partial charge in [-0.15, -0.1) is 0 Å². The monoisotopic (exact) mass is 240 g/mol. The highest BCUT2D eigenvalue weighted by Gasteiger charge is 2.28. The van der Waals surface area contributed by atoms with Crippen LogP contribution in [0.3, 0.4) is 0 Å². The molecule has 2 unspecified atom stereocenters. The van der Waals surface area contributed by atoms with Crippen molar-refractivity contribution in [2.45, 2.75) is 39.4 Å². The van der Waals surface area contributed by atoms with Crippen molar-refractivity contribution in [3.63, 3.8) is 0 Å². The van der Waals surface area contributed by atoms with Gasteiger partial charge in [0.05, 0.1) is 6.42 Å². The first kappa shape index (κ1) is 15.7. The molecule has 1 N–H and O–H groups in total. The van der Waals surface area contributed by atoms with E-state index in [1.54, 1.807) is 11.9 Å². The van der Waals surface area contributed by atoms with Crippen molar-refractivity contribution in [1.29, 1.82) is 0 Å². The average Bonchev–Trinajstić information content (AvgIpc) is 2.20. The molecule has 0 aliphatic rings. The molecule has 0 aromatic heterocycles. The second kappa shape index (κ2) is 7.12. The molecule has 0 saturated carbocycles. The van der Waals surface area contributed by atoms with Crippen molar-refractivity contribution < 1.29 is 13.2 Å². The maximum atomic E-state index is 12.0. The van der Waals surface area contributed by atoms with Crippen LogP contribution in [0.15, 0.2) is 0 Å². The summed E-state index contributed by atoms with van der Waals surface area (Å²) < 4.78 is 36.1. The average molecular weight is 240 g/mol. The molecule has 0 aromatic carbocycles. The normalized spacial score (nSPS) is 16.5. The van der Waals surface area contributed by atoms with Gasteiger partial charge < -0.3 is 10.2 Å². The Bertz CT molecular complexity index is 183. The van der Waals surface area contributed by atoms with Crippen LogP contribution >= 0.6 is 0 Å². The molecule has 0 saturated heterocycles. The smallest absolute Gasteiger partial charge is 0.317 e. The van der Waals surface area contributed by atoms with Crippen molar-refractivity contribution >= 4 is 0 Å². The Kier molecular flexibility index (Phi) is 6.99. The summed E-state index contributed by atoms with van der Waals surface area (Å²) in [6.07, 6.45) is -4.79. The summed E-state index contributed by atoms with van der Waals surface area (Å²) in [4.78, 5) is 1.77. The summed E-state index contributed by atoms with van der Waals surface area (Å²) in [7, 11) is 1.75. The molecular formula is C11H23F3N2. The van der Waals surface area contributed by atoms with Crippen molar-refractivity contribution in [2.24, 2.45) is 5.92 Å². The quantitative estimate of drug-likeness (QED) is 0.735. The molecule has 0 aliphatic heterocycles. The summed E-state index contributed by atoms with van der Waals surface area (Å²) in [6, 6.07) is 0.154. The predicted octanol–water partition coefficient (Wildman–Crippen LogP) is 2.50. The standard InChI is InChI=1S/C11H23F3N2/c1-5-15-8-9(2)10(3)16(4)7-6-11(12,13)14/h9-10,15H,5-8H2,1-4H3. The first-order valence-electron chi connectivity index (χ1n) is 5.75. The fourth-order valence-electron chi connectivity index (χ4n) is 1.48. The number of nitrogens with zero attached hydrogens (tertiary/aromatic N) is 1. The Hall–Kier alpha value is -0.290. The van der Waals surface area contributed by atoms with Gasteiger partial charge in [-0.3, -0.25) is 0 Å². The minimum Gasteiger partial charge on any atom is -0.317 e. The van der Waals surface area contributed by atoms with Gasteiger partial charge in [0.1, 0.15) is 0 Å². The molecule has 2 atom stereocenters. The van der Waals surface area contributed by atoms with Gasteiger partial charge >= 0.3 is 6.18 Å². The van der Waals surface area contributed by atoms with Crippen molar-refractivity contribution in [1.82, 2.24) is 10.2 Å². The number of alkyl halides is 3. The summed E-state index contributed by atoms with van der Waals surface area (Å²) >= 11 is 0. The number of halogens is 3. The number of hydrogen-bond donors (Lipinski definition) is 1. The van der Waals surface area contributed by atoms with Gasteiger partial charge in [0.25, 0.3) is 0 Å². The molecule has 0 fully saturated rings. The third-order valence-corrected chi connectivity index (χ3v) is 2.98. The van der Waals surface area contributed by atoms with Gasteiger partial charge in [0.2, 0.25) is 0 Å². The molecular weight excluding hydrogens is 217 g/mol. The number of nitrogens with one attached hydrogen (secondary N) is 1. The fraction of sp³-hybridized carbons (Fsp3) is 1.00.